The van der Waals surface area contributed by atoms with E-state index >= 15 is 0 Å². The van der Waals surface area contributed by atoms with Gasteiger partial charge < -0.3 is 19.5 Å². The number of carbonyl (C=O) groups is 2. The molecule has 2 aromatic rings. The molecule has 5 rings (SSSR count). The summed E-state index contributed by atoms with van der Waals surface area (Å²) in [6.45, 7) is 6.86. The highest BCUT2D eigenvalue weighted by Gasteiger charge is 2.63. The lowest BCUT2D eigenvalue weighted by Crippen LogP contribution is -2.42. The van der Waals surface area contributed by atoms with Gasteiger partial charge in [-0.3, -0.25) is 4.84 Å². The van der Waals surface area contributed by atoms with Crippen molar-refractivity contribution in [3.63, 3.8) is 0 Å². The van der Waals surface area contributed by atoms with Crippen molar-refractivity contribution < 1.29 is 23.7 Å². The first-order valence-corrected chi connectivity index (χ1v) is 11.9. The minimum atomic E-state index is -0.540. The topological polar surface area (TPSA) is 97.1 Å². The van der Waals surface area contributed by atoms with E-state index in [0.717, 1.165) is 30.5 Å². The largest absolute Gasteiger partial charge is 0.444 e. The Balaban J connectivity index is 1.22. The van der Waals surface area contributed by atoms with E-state index in [1.807, 2.05) is 62.1 Å². The van der Waals surface area contributed by atoms with E-state index in [1.165, 1.54) is 0 Å². The molecule has 9 heteroatoms. The number of hydroxylamine groups is 2. The summed E-state index contributed by atoms with van der Waals surface area (Å²) in [6.07, 6.45) is 3.07. The molecule has 3 aliphatic rings. The van der Waals surface area contributed by atoms with Gasteiger partial charge >= 0.3 is 12.1 Å². The molecular formula is C25H32N4O5. The molecule has 3 amide bonds. The van der Waals surface area contributed by atoms with Crippen molar-refractivity contribution in [2.24, 2.45) is 5.41 Å². The maximum atomic E-state index is 13.3. The Morgan fingerprint density at radius 1 is 1.26 bits per heavy atom. The van der Waals surface area contributed by atoms with Crippen molar-refractivity contribution in [3.8, 4) is 0 Å². The van der Waals surface area contributed by atoms with Crippen molar-refractivity contribution in [2.45, 2.75) is 70.7 Å². The Hall–Kier alpha value is -3.07. The third-order valence-corrected chi connectivity index (χ3v) is 6.83. The van der Waals surface area contributed by atoms with Crippen LogP contribution in [0.3, 0.4) is 0 Å². The number of carbonyl (C=O) groups excluding carboxylic acids is 2. The number of ether oxygens (including phenoxy) is 1. The van der Waals surface area contributed by atoms with Gasteiger partial charge in [0.25, 0.3) is 0 Å². The fourth-order valence-electron chi connectivity index (χ4n) is 4.96. The van der Waals surface area contributed by atoms with Gasteiger partial charge in [0, 0.05) is 25.6 Å². The number of nitrogens with zero attached hydrogens (tertiary/aromatic N) is 3. The Kier molecular flexibility index (Phi) is 5.75. The average molecular weight is 469 g/mol. The SMILES string of the molecule is CC(C)(C)OC(=O)NCCc1cc([C@@H]2CC3(CC3)[C@H]3CN2C(=O)N3OCc2ccccc2)no1. The predicted molar refractivity (Wildman–Crippen MR) is 122 cm³/mol. The van der Waals surface area contributed by atoms with E-state index < -0.39 is 11.7 Å². The maximum absolute atomic E-state index is 13.3. The average Bonchev–Trinajstić information content (AvgIpc) is 3.28. The van der Waals surface area contributed by atoms with Gasteiger partial charge in [-0.2, -0.15) is 5.06 Å². The molecule has 0 radical (unpaired) electrons. The van der Waals surface area contributed by atoms with Gasteiger partial charge in [-0.15, -0.1) is 0 Å². The predicted octanol–water partition coefficient (Wildman–Crippen LogP) is 4.20. The van der Waals surface area contributed by atoms with Crippen LogP contribution in [0.25, 0.3) is 0 Å². The molecule has 2 bridgehead atoms. The van der Waals surface area contributed by atoms with Crippen LogP contribution < -0.4 is 5.32 Å². The zero-order chi connectivity index (χ0) is 23.9. The molecule has 2 atom stereocenters. The minimum absolute atomic E-state index is 0.0735. The molecule has 1 saturated carbocycles. The molecule has 9 nitrogen and oxygen atoms in total. The molecule has 1 spiro atoms. The van der Waals surface area contributed by atoms with Crippen LogP contribution in [0.4, 0.5) is 9.59 Å². The number of aromatic nitrogens is 1. The van der Waals surface area contributed by atoms with Crippen LogP contribution >= 0.6 is 0 Å². The molecule has 2 saturated heterocycles. The van der Waals surface area contributed by atoms with Gasteiger partial charge in [0.2, 0.25) is 0 Å². The quantitative estimate of drug-likeness (QED) is 0.654. The van der Waals surface area contributed by atoms with Crippen LogP contribution in [-0.4, -0.2) is 52.0 Å². The summed E-state index contributed by atoms with van der Waals surface area (Å²) < 4.78 is 10.8. The molecule has 1 aromatic carbocycles. The molecule has 34 heavy (non-hydrogen) atoms. The first kappa shape index (κ1) is 22.7. The summed E-state index contributed by atoms with van der Waals surface area (Å²) in [4.78, 5) is 33.0. The van der Waals surface area contributed by atoms with E-state index in [1.54, 1.807) is 5.06 Å². The van der Waals surface area contributed by atoms with Crippen LogP contribution in [0.5, 0.6) is 0 Å². The highest BCUT2D eigenvalue weighted by molar-refractivity contribution is 5.77. The van der Waals surface area contributed by atoms with Gasteiger partial charge in [-0.1, -0.05) is 35.5 Å². The van der Waals surface area contributed by atoms with Gasteiger partial charge in [-0.25, -0.2) is 9.59 Å². The molecular weight excluding hydrogens is 436 g/mol. The van der Waals surface area contributed by atoms with Crippen molar-refractivity contribution in [3.05, 3.63) is 53.4 Å². The molecule has 3 fully saturated rings. The lowest BCUT2D eigenvalue weighted by atomic mass is 9.84. The normalized spacial score (nSPS) is 22.9. The van der Waals surface area contributed by atoms with E-state index in [4.69, 9.17) is 14.1 Å². The van der Waals surface area contributed by atoms with E-state index in [-0.39, 0.29) is 23.5 Å². The lowest BCUT2D eigenvalue weighted by molar-refractivity contribution is -0.153. The van der Waals surface area contributed by atoms with Crippen LogP contribution in [-0.2, 0) is 22.6 Å². The number of alkyl carbamates (subject to hydrolysis) is 1. The smallest absolute Gasteiger partial charge is 0.407 e. The second-order valence-electron chi connectivity index (χ2n) is 10.5. The zero-order valence-electron chi connectivity index (χ0n) is 20.0. The van der Waals surface area contributed by atoms with Crippen LogP contribution in [0.1, 0.15) is 63.1 Å². The third-order valence-electron chi connectivity index (χ3n) is 6.83. The number of urea groups is 1. The number of hydrogen-bond donors (Lipinski definition) is 1. The second-order valence-corrected chi connectivity index (χ2v) is 10.5. The van der Waals surface area contributed by atoms with Crippen LogP contribution in [0, 0.1) is 5.41 Å². The third kappa shape index (κ3) is 4.61. The van der Waals surface area contributed by atoms with Crippen LogP contribution in [0.2, 0.25) is 0 Å². The monoisotopic (exact) mass is 468 g/mol. The number of benzene rings is 1. The fourth-order valence-corrected chi connectivity index (χ4v) is 4.96. The van der Waals surface area contributed by atoms with Gasteiger partial charge in [0.15, 0.2) is 0 Å². The van der Waals surface area contributed by atoms with Gasteiger partial charge in [0.1, 0.15) is 23.7 Å². The number of rotatable bonds is 7. The Morgan fingerprint density at radius 2 is 2.03 bits per heavy atom. The standard InChI is InChI=1S/C25H32N4O5/c1-24(2,3)33-22(30)26-12-9-18-13-19(27-34-18)20-14-25(10-11-25)21-15-28(20)23(31)29(21)32-16-17-7-5-4-6-8-17/h4-8,13,20-21H,9-12,14-16H2,1-3H3,(H,26,30)/t20-,21+/m0/s1. The van der Waals surface area contributed by atoms with E-state index in [0.29, 0.717) is 31.9 Å². The molecule has 1 aliphatic carbocycles. The van der Waals surface area contributed by atoms with Crippen molar-refractivity contribution >= 4 is 12.1 Å². The first-order chi connectivity index (χ1) is 16.2. The summed E-state index contributed by atoms with van der Waals surface area (Å²) in [5, 5.41) is 8.62. The van der Waals surface area contributed by atoms with E-state index in [9.17, 15) is 9.59 Å². The number of piperidine rings is 1. The first-order valence-electron chi connectivity index (χ1n) is 11.9. The second kappa shape index (κ2) is 8.61. The van der Waals surface area contributed by atoms with Gasteiger partial charge in [0.05, 0.1) is 12.1 Å². The van der Waals surface area contributed by atoms with Crippen LogP contribution in [0.15, 0.2) is 40.9 Å². The minimum Gasteiger partial charge on any atom is -0.444 e. The summed E-state index contributed by atoms with van der Waals surface area (Å²) >= 11 is 0. The number of nitrogens with one attached hydrogen (secondary N) is 1. The molecule has 3 heterocycles. The number of fused-ring (bicyclic) bond motifs is 3. The van der Waals surface area contributed by atoms with Crippen molar-refractivity contribution in [1.82, 2.24) is 20.4 Å². The molecule has 0 unspecified atom stereocenters. The van der Waals surface area contributed by atoms with Crippen molar-refractivity contribution in [2.75, 3.05) is 13.1 Å². The summed E-state index contributed by atoms with van der Waals surface area (Å²) in [7, 11) is 0. The number of hydrogen-bond acceptors (Lipinski definition) is 6. The highest BCUT2D eigenvalue weighted by atomic mass is 16.7. The molecule has 1 N–H and O–H groups in total. The Morgan fingerprint density at radius 3 is 2.74 bits per heavy atom. The Bertz CT molecular complexity index is 1040. The molecule has 182 valence electrons. The summed E-state index contributed by atoms with van der Waals surface area (Å²) in [6, 6.07) is 11.6. The zero-order valence-corrected chi connectivity index (χ0v) is 20.0. The summed E-state index contributed by atoms with van der Waals surface area (Å²) in [5.41, 5.74) is 1.34. The summed E-state index contributed by atoms with van der Waals surface area (Å²) in [5.74, 6) is 0.668. The fraction of sp³-hybridized carbons (Fsp3) is 0.560. The van der Waals surface area contributed by atoms with Gasteiger partial charge in [-0.05, 0) is 51.0 Å². The van der Waals surface area contributed by atoms with Crippen molar-refractivity contribution in [1.29, 1.82) is 0 Å². The maximum Gasteiger partial charge on any atom is 0.407 e. The molecule has 1 aromatic heterocycles. The molecule has 2 aliphatic heterocycles. The van der Waals surface area contributed by atoms with E-state index in [2.05, 4.69) is 10.5 Å². The lowest BCUT2D eigenvalue weighted by Gasteiger charge is -2.35. The highest BCUT2D eigenvalue weighted by Crippen LogP contribution is 2.61. The Labute approximate surface area is 199 Å². The number of amides is 3.